The lowest BCUT2D eigenvalue weighted by molar-refractivity contribution is 0.0692. The summed E-state index contributed by atoms with van der Waals surface area (Å²) in [5.74, 6) is -0.677. The highest BCUT2D eigenvalue weighted by atomic mass is 19.1. The Hall–Kier alpha value is -2.04. The number of aromatic carboxylic acids is 1. The molecule has 0 spiro atoms. The topological polar surface area (TPSA) is 63.1 Å². The summed E-state index contributed by atoms with van der Waals surface area (Å²) in [6.45, 7) is 4.16. The lowest BCUT2D eigenvalue weighted by Crippen LogP contribution is -2.08. The van der Waals surface area contributed by atoms with Gasteiger partial charge in [-0.2, -0.15) is 0 Å². The maximum absolute atomic E-state index is 13.2. The summed E-state index contributed by atoms with van der Waals surface area (Å²) in [7, 11) is 0. The molecule has 1 heterocycles. The molecular formula is C14H15FN2O2. The van der Waals surface area contributed by atoms with E-state index in [2.05, 4.69) is 23.8 Å². The second-order valence-corrected chi connectivity index (χ2v) is 4.89. The van der Waals surface area contributed by atoms with Crippen molar-refractivity contribution >= 4 is 16.9 Å². The number of benzene rings is 1. The summed E-state index contributed by atoms with van der Waals surface area (Å²) in [4.78, 5) is 19.5. The number of aryl methyl sites for hydroxylation is 1. The Kier molecular flexibility index (Phi) is 3.74. The first-order valence-electron chi connectivity index (χ1n) is 6.17. The van der Waals surface area contributed by atoms with Gasteiger partial charge in [0, 0.05) is 11.8 Å². The smallest absolute Gasteiger partial charge is 0.355 e. The molecule has 0 fully saturated rings. The SMILES string of the molecule is CC(C)CCc1nc(C(=O)O)c2cc(F)ccc2n1. The van der Waals surface area contributed by atoms with Gasteiger partial charge in [0.2, 0.25) is 0 Å². The largest absolute Gasteiger partial charge is 0.476 e. The fourth-order valence-electron chi connectivity index (χ4n) is 1.84. The van der Waals surface area contributed by atoms with Gasteiger partial charge in [-0.1, -0.05) is 13.8 Å². The summed E-state index contributed by atoms with van der Waals surface area (Å²) >= 11 is 0. The molecule has 4 nitrogen and oxygen atoms in total. The van der Waals surface area contributed by atoms with E-state index < -0.39 is 11.8 Å². The van der Waals surface area contributed by atoms with Gasteiger partial charge in [-0.25, -0.2) is 19.2 Å². The van der Waals surface area contributed by atoms with Gasteiger partial charge >= 0.3 is 5.97 Å². The first-order chi connectivity index (χ1) is 8.97. The zero-order valence-corrected chi connectivity index (χ0v) is 10.9. The van der Waals surface area contributed by atoms with Crippen LogP contribution in [0.15, 0.2) is 18.2 Å². The van der Waals surface area contributed by atoms with Gasteiger partial charge in [0.1, 0.15) is 11.6 Å². The number of hydrogen-bond donors (Lipinski definition) is 1. The molecule has 0 saturated heterocycles. The van der Waals surface area contributed by atoms with E-state index in [-0.39, 0.29) is 11.1 Å². The third kappa shape index (κ3) is 3.05. The van der Waals surface area contributed by atoms with Gasteiger partial charge < -0.3 is 5.11 Å². The molecule has 0 radical (unpaired) electrons. The third-order valence-electron chi connectivity index (χ3n) is 2.85. The number of carboxylic acids is 1. The molecule has 0 saturated carbocycles. The minimum absolute atomic E-state index is 0.136. The van der Waals surface area contributed by atoms with Crippen LogP contribution in [0.25, 0.3) is 10.9 Å². The van der Waals surface area contributed by atoms with Crippen molar-refractivity contribution in [3.63, 3.8) is 0 Å². The van der Waals surface area contributed by atoms with E-state index in [0.29, 0.717) is 23.7 Å². The van der Waals surface area contributed by atoms with Gasteiger partial charge in [-0.3, -0.25) is 0 Å². The van der Waals surface area contributed by atoms with Crippen molar-refractivity contribution in [1.82, 2.24) is 9.97 Å². The van der Waals surface area contributed by atoms with Crippen LogP contribution in [0.5, 0.6) is 0 Å². The molecule has 0 amide bonds. The number of halogens is 1. The Morgan fingerprint density at radius 2 is 2.11 bits per heavy atom. The Morgan fingerprint density at radius 1 is 1.37 bits per heavy atom. The van der Waals surface area contributed by atoms with E-state index in [1.165, 1.54) is 12.1 Å². The second kappa shape index (κ2) is 5.30. The first kappa shape index (κ1) is 13.4. The molecule has 0 aliphatic heterocycles. The molecule has 2 aromatic rings. The van der Waals surface area contributed by atoms with Crippen LogP contribution < -0.4 is 0 Å². The molecule has 0 unspecified atom stereocenters. The normalized spacial score (nSPS) is 11.2. The number of aromatic nitrogens is 2. The highest BCUT2D eigenvalue weighted by molar-refractivity contribution is 6.00. The maximum atomic E-state index is 13.2. The Labute approximate surface area is 110 Å². The summed E-state index contributed by atoms with van der Waals surface area (Å²) in [6, 6.07) is 3.91. The Morgan fingerprint density at radius 3 is 2.74 bits per heavy atom. The summed E-state index contributed by atoms with van der Waals surface area (Å²) in [5.41, 5.74) is 0.329. The third-order valence-corrected chi connectivity index (χ3v) is 2.85. The number of fused-ring (bicyclic) bond motifs is 1. The number of carbonyl (C=O) groups is 1. The Balaban J connectivity index is 2.52. The van der Waals surface area contributed by atoms with Crippen LogP contribution in [0.2, 0.25) is 0 Å². The van der Waals surface area contributed by atoms with Crippen LogP contribution in [-0.4, -0.2) is 21.0 Å². The minimum atomic E-state index is -1.16. The van der Waals surface area contributed by atoms with Crippen LogP contribution in [0.4, 0.5) is 4.39 Å². The van der Waals surface area contributed by atoms with Gasteiger partial charge in [-0.05, 0) is 30.5 Å². The molecule has 0 bridgehead atoms. The van der Waals surface area contributed by atoms with Crippen molar-refractivity contribution < 1.29 is 14.3 Å². The van der Waals surface area contributed by atoms with E-state index in [1.54, 1.807) is 0 Å². The van der Waals surface area contributed by atoms with Crippen molar-refractivity contribution in [2.45, 2.75) is 26.7 Å². The molecule has 2 rings (SSSR count). The lowest BCUT2D eigenvalue weighted by atomic mass is 10.1. The number of carboxylic acid groups (broad SMARTS) is 1. The molecule has 0 aliphatic carbocycles. The first-order valence-corrected chi connectivity index (χ1v) is 6.17. The highest BCUT2D eigenvalue weighted by Crippen LogP contribution is 2.18. The molecule has 0 aliphatic rings. The number of hydrogen-bond acceptors (Lipinski definition) is 3. The van der Waals surface area contributed by atoms with Crippen molar-refractivity contribution in [3.8, 4) is 0 Å². The van der Waals surface area contributed by atoms with Gasteiger partial charge in [0.15, 0.2) is 5.69 Å². The Bertz CT molecular complexity index is 626. The number of nitrogens with zero attached hydrogens (tertiary/aromatic N) is 2. The van der Waals surface area contributed by atoms with E-state index in [9.17, 15) is 9.18 Å². The average Bonchev–Trinajstić information content (AvgIpc) is 2.35. The fraction of sp³-hybridized carbons (Fsp3) is 0.357. The van der Waals surface area contributed by atoms with E-state index in [0.717, 1.165) is 12.5 Å². The zero-order valence-electron chi connectivity index (χ0n) is 10.9. The maximum Gasteiger partial charge on any atom is 0.355 e. The van der Waals surface area contributed by atoms with Crippen molar-refractivity contribution in [1.29, 1.82) is 0 Å². The van der Waals surface area contributed by atoms with E-state index in [4.69, 9.17) is 5.11 Å². The lowest BCUT2D eigenvalue weighted by Gasteiger charge is -2.07. The molecular weight excluding hydrogens is 247 g/mol. The van der Waals surface area contributed by atoms with Gasteiger partial charge in [0.05, 0.1) is 5.52 Å². The fourth-order valence-corrected chi connectivity index (χ4v) is 1.84. The molecule has 1 N–H and O–H groups in total. The van der Waals surface area contributed by atoms with Crippen LogP contribution in [-0.2, 0) is 6.42 Å². The monoisotopic (exact) mass is 262 g/mol. The second-order valence-electron chi connectivity index (χ2n) is 4.89. The molecule has 0 atom stereocenters. The van der Waals surface area contributed by atoms with Crippen LogP contribution in [0, 0.1) is 11.7 Å². The summed E-state index contributed by atoms with van der Waals surface area (Å²) < 4.78 is 13.2. The van der Waals surface area contributed by atoms with Gasteiger partial charge in [0.25, 0.3) is 0 Å². The van der Waals surface area contributed by atoms with E-state index >= 15 is 0 Å². The minimum Gasteiger partial charge on any atom is -0.476 e. The molecule has 1 aromatic heterocycles. The van der Waals surface area contributed by atoms with Crippen LogP contribution >= 0.6 is 0 Å². The quantitative estimate of drug-likeness (QED) is 0.919. The predicted octanol–water partition coefficient (Wildman–Crippen LogP) is 3.06. The van der Waals surface area contributed by atoms with Crippen LogP contribution in [0.3, 0.4) is 0 Å². The average molecular weight is 262 g/mol. The molecule has 100 valence electrons. The molecule has 5 heteroatoms. The highest BCUT2D eigenvalue weighted by Gasteiger charge is 2.14. The molecule has 1 aromatic carbocycles. The number of rotatable bonds is 4. The van der Waals surface area contributed by atoms with Crippen LogP contribution in [0.1, 0.15) is 36.6 Å². The predicted molar refractivity (Wildman–Crippen MR) is 69.6 cm³/mol. The van der Waals surface area contributed by atoms with Crippen molar-refractivity contribution in [2.24, 2.45) is 5.92 Å². The van der Waals surface area contributed by atoms with Gasteiger partial charge in [-0.15, -0.1) is 0 Å². The van der Waals surface area contributed by atoms with Crippen molar-refractivity contribution in [3.05, 3.63) is 35.5 Å². The zero-order chi connectivity index (χ0) is 14.0. The summed E-state index contributed by atoms with van der Waals surface area (Å²) in [6.07, 6.45) is 1.50. The van der Waals surface area contributed by atoms with Crippen molar-refractivity contribution in [2.75, 3.05) is 0 Å². The standard InChI is InChI=1S/C14H15FN2O2/c1-8(2)3-6-12-16-11-5-4-9(15)7-10(11)13(17-12)14(18)19/h4-5,7-8H,3,6H2,1-2H3,(H,18,19). The summed E-state index contributed by atoms with van der Waals surface area (Å²) in [5, 5.41) is 9.40. The van der Waals surface area contributed by atoms with E-state index in [1.807, 2.05) is 0 Å². The molecule has 19 heavy (non-hydrogen) atoms.